The van der Waals surface area contributed by atoms with Gasteiger partial charge in [-0.15, -0.1) is 0 Å². The molecule has 128 valence electrons. The molecule has 1 aliphatic rings. The summed E-state index contributed by atoms with van der Waals surface area (Å²) in [6, 6.07) is 8.77. The molecule has 4 N–H and O–H groups in total. The number of hydrogen-bond donors (Lipinski definition) is 3. The molecule has 3 rings (SSSR count). The molecule has 0 atom stereocenters. The Hall–Kier alpha value is -3.00. The summed E-state index contributed by atoms with van der Waals surface area (Å²) in [7, 11) is 1.63. The van der Waals surface area contributed by atoms with E-state index in [-0.39, 0.29) is 18.4 Å². The van der Waals surface area contributed by atoms with Crippen LogP contribution in [-0.4, -0.2) is 35.6 Å². The van der Waals surface area contributed by atoms with Crippen LogP contribution in [0.4, 0.5) is 5.69 Å². The van der Waals surface area contributed by atoms with E-state index in [4.69, 9.17) is 5.73 Å². The van der Waals surface area contributed by atoms with Crippen molar-refractivity contribution < 1.29 is 9.59 Å². The fourth-order valence-corrected chi connectivity index (χ4v) is 3.28. The quantitative estimate of drug-likeness (QED) is 0.729. The molecule has 2 aromatic rings. The minimum Gasteiger partial charge on any atom is -0.404 e. The first kappa shape index (κ1) is 16.8. The van der Waals surface area contributed by atoms with Crippen LogP contribution in [0, 0.1) is 0 Å². The lowest BCUT2D eigenvalue weighted by atomic mass is 10.1. The van der Waals surface area contributed by atoms with Crippen LogP contribution < -0.4 is 16.4 Å². The molecular formula is C17H17N5O2S. The van der Waals surface area contributed by atoms with Gasteiger partial charge in [-0.1, -0.05) is 0 Å². The molecule has 2 amide bonds. The van der Waals surface area contributed by atoms with Gasteiger partial charge in [0.15, 0.2) is 0 Å². The predicted octanol–water partition coefficient (Wildman–Crippen LogP) is 1.88. The molecule has 0 aliphatic carbocycles. The molecule has 8 heteroatoms. The average molecular weight is 355 g/mol. The maximum Gasteiger partial charge on any atom is 0.273 e. The third-order valence-corrected chi connectivity index (χ3v) is 4.66. The van der Waals surface area contributed by atoms with Crippen LogP contribution in [0.1, 0.15) is 20.8 Å². The minimum atomic E-state index is -0.255. The highest BCUT2D eigenvalue weighted by atomic mass is 32.2. The maximum absolute atomic E-state index is 12.3. The monoisotopic (exact) mass is 355 g/mol. The van der Waals surface area contributed by atoms with E-state index in [1.54, 1.807) is 35.4 Å². The lowest BCUT2D eigenvalue weighted by molar-refractivity contribution is 0.0956. The summed E-state index contributed by atoms with van der Waals surface area (Å²) < 4.78 is 1.79. The number of anilines is 1. The van der Waals surface area contributed by atoms with Gasteiger partial charge < -0.3 is 16.4 Å². The predicted molar refractivity (Wildman–Crippen MR) is 99.1 cm³/mol. The van der Waals surface area contributed by atoms with Crippen LogP contribution in [0.2, 0.25) is 0 Å². The van der Waals surface area contributed by atoms with Crippen molar-refractivity contribution in [3.63, 3.8) is 0 Å². The Labute approximate surface area is 149 Å². The highest BCUT2D eigenvalue weighted by Crippen LogP contribution is 2.33. The summed E-state index contributed by atoms with van der Waals surface area (Å²) in [6.45, 7) is 0.274. The number of aliphatic imine (C=N–C) groups is 1. The van der Waals surface area contributed by atoms with Crippen molar-refractivity contribution in [1.29, 1.82) is 0 Å². The van der Waals surface area contributed by atoms with Gasteiger partial charge in [-0.2, -0.15) is 0 Å². The Morgan fingerprint density at radius 3 is 3.04 bits per heavy atom. The van der Waals surface area contributed by atoms with Gasteiger partial charge in [-0.05, 0) is 42.3 Å². The molecule has 0 spiro atoms. The van der Waals surface area contributed by atoms with Crippen molar-refractivity contribution in [2.45, 2.75) is 4.90 Å². The van der Waals surface area contributed by atoms with Crippen LogP contribution in [0.25, 0.3) is 0 Å². The Kier molecular flexibility index (Phi) is 4.90. The molecule has 1 aromatic heterocycles. The Bertz CT molecular complexity index is 885. The minimum absolute atomic E-state index is 0.207. The fourth-order valence-electron chi connectivity index (χ4n) is 2.36. The number of carbonyl (C=O) groups excluding carboxylic acids is 2. The molecule has 1 aromatic carbocycles. The number of aromatic nitrogens is 1. The number of nitrogens with one attached hydrogen (secondary N) is 2. The smallest absolute Gasteiger partial charge is 0.273 e. The van der Waals surface area contributed by atoms with Crippen LogP contribution in [0.15, 0.2) is 58.2 Å². The lowest BCUT2D eigenvalue weighted by Gasteiger charge is -2.10. The molecular weight excluding hydrogens is 338 g/mol. The number of carbonyl (C=O) groups is 2. The number of hydrogen-bond acceptors (Lipinski definition) is 5. The normalized spacial score (nSPS) is 13.8. The molecule has 0 unspecified atom stereocenters. The third-order valence-electron chi connectivity index (χ3n) is 3.59. The Balaban J connectivity index is 1.78. The summed E-state index contributed by atoms with van der Waals surface area (Å²) >= 11 is 1.42. The summed E-state index contributed by atoms with van der Waals surface area (Å²) in [5.41, 5.74) is 7.81. The zero-order valence-electron chi connectivity index (χ0n) is 13.5. The zero-order valence-corrected chi connectivity index (χ0v) is 14.3. The van der Waals surface area contributed by atoms with Crippen molar-refractivity contribution in [2.24, 2.45) is 10.7 Å². The largest absolute Gasteiger partial charge is 0.404 e. The van der Waals surface area contributed by atoms with Gasteiger partial charge in [-0.25, -0.2) is 0 Å². The molecule has 0 bridgehead atoms. The zero-order chi connectivity index (χ0) is 17.8. The molecule has 1 aliphatic heterocycles. The van der Waals surface area contributed by atoms with E-state index in [1.807, 2.05) is 18.3 Å². The van der Waals surface area contributed by atoms with Crippen molar-refractivity contribution in [3.05, 3.63) is 59.6 Å². The highest BCUT2D eigenvalue weighted by molar-refractivity contribution is 7.98. The number of benzene rings is 1. The second kappa shape index (κ2) is 7.27. The fraction of sp³-hybridized carbons (Fsp3) is 0.118. The van der Waals surface area contributed by atoms with Gasteiger partial charge in [0.05, 0.1) is 10.6 Å². The van der Waals surface area contributed by atoms with Crippen molar-refractivity contribution >= 4 is 35.7 Å². The van der Waals surface area contributed by atoms with E-state index in [1.165, 1.54) is 18.1 Å². The summed E-state index contributed by atoms with van der Waals surface area (Å²) in [4.78, 5) is 29.3. The Morgan fingerprint density at radius 1 is 1.44 bits per heavy atom. The van der Waals surface area contributed by atoms with Gasteiger partial charge in [0.2, 0.25) is 0 Å². The molecule has 0 saturated heterocycles. The first-order chi connectivity index (χ1) is 12.1. The molecule has 0 radical (unpaired) electrons. The lowest BCUT2D eigenvalue weighted by Crippen LogP contribution is -2.26. The van der Waals surface area contributed by atoms with Gasteiger partial charge >= 0.3 is 0 Å². The molecule has 7 nitrogen and oxygen atoms in total. The molecule has 0 saturated carbocycles. The van der Waals surface area contributed by atoms with Crippen molar-refractivity contribution in [3.8, 4) is 0 Å². The van der Waals surface area contributed by atoms with Crippen molar-refractivity contribution in [2.75, 3.05) is 18.9 Å². The van der Waals surface area contributed by atoms with Gasteiger partial charge in [0.1, 0.15) is 5.69 Å². The topological polar surface area (TPSA) is 102 Å². The van der Waals surface area contributed by atoms with Crippen LogP contribution in [0.3, 0.4) is 0 Å². The third kappa shape index (κ3) is 3.58. The number of nitrogens with two attached hydrogens (primary N) is 1. The second-order valence-corrected chi connectivity index (χ2v) is 6.30. The van der Waals surface area contributed by atoms with Crippen LogP contribution in [0.5, 0.6) is 0 Å². The van der Waals surface area contributed by atoms with Crippen molar-refractivity contribution in [1.82, 2.24) is 9.29 Å². The van der Waals surface area contributed by atoms with E-state index in [0.29, 0.717) is 22.5 Å². The van der Waals surface area contributed by atoms with E-state index >= 15 is 0 Å². The van der Waals surface area contributed by atoms with Gasteiger partial charge in [0.25, 0.3) is 11.8 Å². The molecule has 2 heterocycles. The second-order valence-electron chi connectivity index (χ2n) is 5.29. The van der Waals surface area contributed by atoms with Gasteiger partial charge in [0, 0.05) is 43.3 Å². The van der Waals surface area contributed by atoms with E-state index in [9.17, 15) is 9.59 Å². The van der Waals surface area contributed by atoms with E-state index in [2.05, 4.69) is 15.6 Å². The first-order valence-electron chi connectivity index (χ1n) is 7.54. The first-order valence-corrected chi connectivity index (χ1v) is 8.32. The van der Waals surface area contributed by atoms with E-state index in [0.717, 1.165) is 4.90 Å². The standard InChI is InChI=1S/C17H17N5O2S/c1-19-9-11(8-18)10-20-16(23)12-4-5-15-13(7-12)21-17(24)14-3-2-6-22(14)25-15/h2-9H,10,18H2,1H3,(H,20,23)(H,21,24). The summed E-state index contributed by atoms with van der Waals surface area (Å²) in [5.74, 6) is -0.462. The number of rotatable bonds is 4. The average Bonchev–Trinajstić information content (AvgIpc) is 3.03. The highest BCUT2D eigenvalue weighted by Gasteiger charge is 2.20. The molecule has 25 heavy (non-hydrogen) atoms. The summed E-state index contributed by atoms with van der Waals surface area (Å²) in [5, 5.41) is 5.62. The Morgan fingerprint density at radius 2 is 2.28 bits per heavy atom. The molecule has 0 fully saturated rings. The van der Waals surface area contributed by atoms with Crippen LogP contribution in [-0.2, 0) is 0 Å². The SMILES string of the molecule is CN=CC(=CN)CNC(=O)c1ccc2c(c1)NC(=O)c1cccn1S2. The number of amides is 2. The summed E-state index contributed by atoms with van der Waals surface area (Å²) in [6.07, 6.45) is 4.81. The maximum atomic E-state index is 12.3. The number of nitrogens with zero attached hydrogens (tertiary/aromatic N) is 2. The van der Waals surface area contributed by atoms with E-state index < -0.39 is 0 Å². The van der Waals surface area contributed by atoms with Gasteiger partial charge in [-0.3, -0.25) is 18.6 Å². The van der Waals surface area contributed by atoms with Crippen LogP contribution >= 0.6 is 11.9 Å². The number of fused-ring (bicyclic) bond motifs is 2.